The molecule has 0 bridgehead atoms. The molecule has 0 unspecified atom stereocenters. The fourth-order valence-electron chi connectivity index (χ4n) is 2.92. The SMILES string of the molecule is Cn1cc(-c2ccc(Cn3cc(-c4cccc(C(F)(F)F)c4)nn3)cc2)cn1. The lowest BCUT2D eigenvalue weighted by Crippen LogP contribution is -2.04. The smallest absolute Gasteiger partial charge is 0.275 e. The Balaban J connectivity index is 1.51. The average Bonchev–Trinajstić information content (AvgIpc) is 3.31. The van der Waals surface area contributed by atoms with Crippen molar-refractivity contribution < 1.29 is 13.2 Å². The lowest BCUT2D eigenvalue weighted by Gasteiger charge is -2.07. The van der Waals surface area contributed by atoms with E-state index in [1.165, 1.54) is 6.07 Å². The molecule has 0 radical (unpaired) electrons. The van der Waals surface area contributed by atoms with E-state index in [0.29, 0.717) is 17.8 Å². The summed E-state index contributed by atoms with van der Waals surface area (Å²) in [5.41, 5.74) is 3.17. The van der Waals surface area contributed by atoms with Gasteiger partial charge in [0, 0.05) is 24.4 Å². The first-order valence-corrected chi connectivity index (χ1v) is 8.54. The number of rotatable bonds is 4. The molecule has 5 nitrogen and oxygen atoms in total. The zero-order valence-electron chi connectivity index (χ0n) is 14.9. The average molecular weight is 383 g/mol. The summed E-state index contributed by atoms with van der Waals surface area (Å²) in [6.45, 7) is 0.472. The van der Waals surface area contributed by atoms with Crippen molar-refractivity contribution in [1.29, 1.82) is 0 Å². The summed E-state index contributed by atoms with van der Waals surface area (Å²) in [5.74, 6) is 0. The third kappa shape index (κ3) is 3.80. The quantitative estimate of drug-likeness (QED) is 0.524. The van der Waals surface area contributed by atoms with E-state index < -0.39 is 11.7 Å². The minimum absolute atomic E-state index is 0.382. The van der Waals surface area contributed by atoms with E-state index in [1.807, 2.05) is 37.5 Å². The largest absolute Gasteiger partial charge is 0.416 e. The Kier molecular flexibility index (Phi) is 4.46. The van der Waals surface area contributed by atoms with Crippen molar-refractivity contribution in [2.24, 2.45) is 7.05 Å². The van der Waals surface area contributed by atoms with Gasteiger partial charge in [0.1, 0.15) is 5.69 Å². The maximum Gasteiger partial charge on any atom is 0.416 e. The van der Waals surface area contributed by atoms with E-state index in [9.17, 15) is 13.2 Å². The summed E-state index contributed by atoms with van der Waals surface area (Å²) in [5, 5.41) is 12.2. The number of hydrogen-bond acceptors (Lipinski definition) is 3. The number of halogens is 3. The van der Waals surface area contributed by atoms with E-state index in [4.69, 9.17) is 0 Å². The predicted octanol–water partition coefficient (Wildman–Crippen LogP) is 4.41. The van der Waals surface area contributed by atoms with Gasteiger partial charge in [0.15, 0.2) is 0 Å². The molecular formula is C20H16F3N5. The third-order valence-electron chi connectivity index (χ3n) is 4.36. The molecule has 0 N–H and O–H groups in total. The van der Waals surface area contributed by atoms with Crippen molar-refractivity contribution in [3.63, 3.8) is 0 Å². The van der Waals surface area contributed by atoms with Crippen LogP contribution in [0.2, 0.25) is 0 Å². The first-order chi connectivity index (χ1) is 13.4. The predicted molar refractivity (Wildman–Crippen MR) is 98.2 cm³/mol. The molecule has 0 saturated heterocycles. The Morgan fingerprint density at radius 2 is 1.71 bits per heavy atom. The van der Waals surface area contributed by atoms with Gasteiger partial charge >= 0.3 is 6.18 Å². The Bertz CT molecular complexity index is 1090. The Labute approximate surface area is 159 Å². The molecule has 0 amide bonds. The highest BCUT2D eigenvalue weighted by molar-refractivity contribution is 5.62. The number of aromatic nitrogens is 5. The molecule has 0 fully saturated rings. The van der Waals surface area contributed by atoms with Gasteiger partial charge in [-0.3, -0.25) is 4.68 Å². The fraction of sp³-hybridized carbons (Fsp3) is 0.150. The van der Waals surface area contributed by atoms with Crippen LogP contribution in [0.5, 0.6) is 0 Å². The van der Waals surface area contributed by atoms with Crippen LogP contribution in [0.4, 0.5) is 13.2 Å². The maximum absolute atomic E-state index is 12.9. The van der Waals surface area contributed by atoms with Gasteiger partial charge in [0.2, 0.25) is 0 Å². The van der Waals surface area contributed by atoms with Crippen molar-refractivity contribution in [1.82, 2.24) is 24.8 Å². The number of hydrogen-bond donors (Lipinski definition) is 0. The van der Waals surface area contributed by atoms with Crippen LogP contribution in [-0.2, 0) is 19.8 Å². The number of aryl methyl sites for hydroxylation is 1. The van der Waals surface area contributed by atoms with E-state index in [0.717, 1.165) is 28.8 Å². The van der Waals surface area contributed by atoms with Gasteiger partial charge in [0.05, 0.1) is 24.5 Å². The summed E-state index contributed by atoms with van der Waals surface area (Å²) in [6, 6.07) is 13.0. The summed E-state index contributed by atoms with van der Waals surface area (Å²) in [4.78, 5) is 0. The van der Waals surface area contributed by atoms with Crippen LogP contribution in [0.15, 0.2) is 67.1 Å². The van der Waals surface area contributed by atoms with E-state index in [-0.39, 0.29) is 0 Å². The monoisotopic (exact) mass is 383 g/mol. The molecule has 2 aromatic heterocycles. The molecule has 4 aromatic rings. The van der Waals surface area contributed by atoms with Crippen LogP contribution >= 0.6 is 0 Å². The molecule has 0 aliphatic heterocycles. The first-order valence-electron chi connectivity index (χ1n) is 8.54. The lowest BCUT2D eigenvalue weighted by atomic mass is 10.1. The highest BCUT2D eigenvalue weighted by Crippen LogP contribution is 2.31. The van der Waals surface area contributed by atoms with Gasteiger partial charge in [-0.25, -0.2) is 4.68 Å². The highest BCUT2D eigenvalue weighted by Gasteiger charge is 2.30. The molecule has 0 aliphatic rings. The summed E-state index contributed by atoms with van der Waals surface area (Å²) in [6.07, 6.45) is 0.994. The fourth-order valence-corrected chi connectivity index (χ4v) is 2.92. The third-order valence-corrected chi connectivity index (χ3v) is 4.36. The van der Waals surface area contributed by atoms with Gasteiger partial charge in [-0.2, -0.15) is 18.3 Å². The Hall–Kier alpha value is -3.42. The summed E-state index contributed by atoms with van der Waals surface area (Å²) in [7, 11) is 1.87. The van der Waals surface area contributed by atoms with Crippen molar-refractivity contribution in [3.05, 3.63) is 78.2 Å². The molecule has 0 spiro atoms. The second-order valence-corrected chi connectivity index (χ2v) is 6.48. The normalized spacial score (nSPS) is 11.7. The zero-order chi connectivity index (χ0) is 19.7. The van der Waals surface area contributed by atoms with Gasteiger partial charge in [-0.1, -0.05) is 41.6 Å². The Morgan fingerprint density at radius 3 is 2.39 bits per heavy atom. The van der Waals surface area contributed by atoms with E-state index >= 15 is 0 Å². The van der Waals surface area contributed by atoms with Gasteiger partial charge < -0.3 is 0 Å². The van der Waals surface area contributed by atoms with E-state index in [1.54, 1.807) is 27.8 Å². The van der Waals surface area contributed by atoms with Gasteiger partial charge in [-0.05, 0) is 23.3 Å². The molecule has 142 valence electrons. The molecule has 2 aromatic carbocycles. The molecule has 4 rings (SSSR count). The summed E-state index contributed by atoms with van der Waals surface area (Å²) >= 11 is 0. The maximum atomic E-state index is 12.9. The van der Waals surface area contributed by atoms with Gasteiger partial charge in [0.25, 0.3) is 0 Å². The van der Waals surface area contributed by atoms with Crippen molar-refractivity contribution in [3.8, 4) is 22.4 Å². The molecule has 2 heterocycles. The standard InChI is InChI=1S/C20H16F3N5/c1-27-12-17(10-24-27)15-7-5-14(6-8-15)11-28-13-19(25-26-28)16-3-2-4-18(9-16)20(21,22)23/h2-10,12-13H,11H2,1H3. The topological polar surface area (TPSA) is 48.5 Å². The number of benzene rings is 2. The molecule has 28 heavy (non-hydrogen) atoms. The lowest BCUT2D eigenvalue weighted by molar-refractivity contribution is -0.137. The summed E-state index contributed by atoms with van der Waals surface area (Å²) < 4.78 is 42.0. The van der Waals surface area contributed by atoms with Crippen LogP contribution in [-0.4, -0.2) is 24.8 Å². The van der Waals surface area contributed by atoms with Crippen LogP contribution in [0.25, 0.3) is 22.4 Å². The number of alkyl halides is 3. The first kappa shape index (κ1) is 18.0. The Morgan fingerprint density at radius 1 is 0.929 bits per heavy atom. The zero-order valence-corrected chi connectivity index (χ0v) is 14.9. The molecular weight excluding hydrogens is 367 g/mol. The highest BCUT2D eigenvalue weighted by atomic mass is 19.4. The van der Waals surface area contributed by atoms with Crippen LogP contribution in [0.1, 0.15) is 11.1 Å². The van der Waals surface area contributed by atoms with Gasteiger partial charge in [-0.15, -0.1) is 5.10 Å². The molecule has 0 saturated carbocycles. The van der Waals surface area contributed by atoms with Crippen LogP contribution < -0.4 is 0 Å². The molecule has 8 heteroatoms. The van der Waals surface area contributed by atoms with Crippen molar-refractivity contribution in [2.45, 2.75) is 12.7 Å². The van der Waals surface area contributed by atoms with Crippen molar-refractivity contribution >= 4 is 0 Å². The van der Waals surface area contributed by atoms with E-state index in [2.05, 4.69) is 15.4 Å². The molecule has 0 aliphatic carbocycles. The second kappa shape index (κ2) is 6.95. The minimum Gasteiger partial charge on any atom is -0.275 e. The van der Waals surface area contributed by atoms with Crippen molar-refractivity contribution in [2.75, 3.05) is 0 Å². The van der Waals surface area contributed by atoms with Crippen LogP contribution in [0.3, 0.4) is 0 Å². The molecule has 0 atom stereocenters. The minimum atomic E-state index is -4.39. The van der Waals surface area contributed by atoms with Crippen LogP contribution in [0, 0.1) is 0 Å². The number of nitrogens with zero attached hydrogens (tertiary/aromatic N) is 5. The second-order valence-electron chi connectivity index (χ2n) is 6.48.